The van der Waals surface area contributed by atoms with Crippen molar-refractivity contribution in [3.63, 3.8) is 0 Å². The number of nitrogens with zero attached hydrogens (tertiary/aromatic N) is 4. The average Bonchev–Trinajstić information content (AvgIpc) is 2.83. The molecule has 0 radical (unpaired) electrons. The highest BCUT2D eigenvalue weighted by molar-refractivity contribution is 5.94. The van der Waals surface area contributed by atoms with Crippen molar-refractivity contribution in [2.45, 2.75) is 46.5 Å². The van der Waals surface area contributed by atoms with E-state index in [1.165, 1.54) is 29.3 Å². The number of esters is 1. The summed E-state index contributed by atoms with van der Waals surface area (Å²) in [5, 5.41) is 0. The van der Waals surface area contributed by atoms with Gasteiger partial charge in [-0.05, 0) is 73.9 Å². The highest BCUT2D eigenvalue weighted by Crippen LogP contribution is 2.27. The van der Waals surface area contributed by atoms with Crippen molar-refractivity contribution >= 4 is 17.6 Å². The Hall–Kier alpha value is -3.81. The van der Waals surface area contributed by atoms with E-state index in [1.54, 1.807) is 6.92 Å². The number of piperidine rings is 1. The van der Waals surface area contributed by atoms with Gasteiger partial charge < -0.3 is 15.4 Å². The molecule has 1 aliphatic heterocycles. The molecule has 4 rings (SSSR count). The van der Waals surface area contributed by atoms with Crippen LogP contribution in [0.3, 0.4) is 0 Å². The van der Waals surface area contributed by atoms with Crippen molar-refractivity contribution in [3.05, 3.63) is 76.6 Å². The summed E-state index contributed by atoms with van der Waals surface area (Å²) >= 11 is 0. The molecule has 2 aromatic heterocycles. The molecular weight excluding hydrogens is 442 g/mol. The maximum Gasteiger partial charge on any atom is 0.308 e. The van der Waals surface area contributed by atoms with Gasteiger partial charge in [0.15, 0.2) is 11.4 Å². The van der Waals surface area contributed by atoms with E-state index in [9.17, 15) is 9.59 Å². The van der Waals surface area contributed by atoms with E-state index in [0.717, 1.165) is 32.4 Å². The summed E-state index contributed by atoms with van der Waals surface area (Å²) in [5.74, 6) is -0.269. The molecule has 1 saturated heterocycles. The van der Waals surface area contributed by atoms with Crippen LogP contribution in [0.5, 0.6) is 5.75 Å². The van der Waals surface area contributed by atoms with E-state index in [4.69, 9.17) is 10.5 Å². The third-order valence-corrected chi connectivity index (χ3v) is 6.49. The van der Waals surface area contributed by atoms with Crippen molar-refractivity contribution in [2.24, 2.45) is 11.7 Å². The lowest BCUT2D eigenvalue weighted by Gasteiger charge is -2.33. The Morgan fingerprint density at radius 2 is 1.80 bits per heavy atom. The fraction of sp³-hybridized carbons (Fsp3) is 0.370. The number of benzene rings is 1. The van der Waals surface area contributed by atoms with Crippen molar-refractivity contribution in [1.29, 1.82) is 0 Å². The quantitative estimate of drug-likeness (QED) is 0.522. The molecule has 182 valence electrons. The third kappa shape index (κ3) is 6.01. The molecule has 1 aromatic carbocycles. The minimum Gasteiger partial charge on any atom is -0.422 e. The number of amides is 1. The molecule has 8 nitrogen and oxygen atoms in total. The SMILES string of the molecule is CC(=O)Oc1c(C)nc(CC2CCN(c3ccc(Cc4cnccc4C)cc3)CC2)nc1C(N)=O. The fourth-order valence-corrected chi connectivity index (χ4v) is 4.52. The predicted molar refractivity (Wildman–Crippen MR) is 133 cm³/mol. The number of carbonyl (C=O) groups is 2. The van der Waals surface area contributed by atoms with Gasteiger partial charge in [-0.15, -0.1) is 0 Å². The van der Waals surface area contributed by atoms with Crippen LogP contribution in [0.1, 0.15) is 58.5 Å². The fourth-order valence-electron chi connectivity index (χ4n) is 4.52. The minimum absolute atomic E-state index is 0.0401. The van der Waals surface area contributed by atoms with E-state index < -0.39 is 11.9 Å². The van der Waals surface area contributed by atoms with Gasteiger partial charge in [0.05, 0.1) is 5.69 Å². The van der Waals surface area contributed by atoms with E-state index in [2.05, 4.69) is 51.0 Å². The standard InChI is InChI=1S/C27H31N5O3/c1-17-8-11-29-16-22(17)14-20-4-6-23(7-5-20)32-12-9-21(10-13-32)15-24-30-18(2)26(35-19(3)33)25(31-24)27(28)34/h4-8,11,16,21H,9-10,12-15H2,1-3H3,(H2,28,34). The monoisotopic (exact) mass is 473 g/mol. The number of rotatable bonds is 7. The zero-order chi connectivity index (χ0) is 24.9. The van der Waals surface area contributed by atoms with Crippen molar-refractivity contribution in [3.8, 4) is 5.75 Å². The molecule has 0 atom stereocenters. The number of aryl methyl sites for hydroxylation is 2. The molecule has 1 aliphatic rings. The van der Waals surface area contributed by atoms with Crippen LogP contribution in [0.15, 0.2) is 42.7 Å². The number of ether oxygens (including phenoxy) is 1. The number of anilines is 1. The molecular formula is C27H31N5O3. The first-order valence-corrected chi connectivity index (χ1v) is 11.9. The van der Waals surface area contributed by atoms with Gasteiger partial charge in [-0.1, -0.05) is 12.1 Å². The van der Waals surface area contributed by atoms with E-state index in [0.29, 0.717) is 23.9 Å². The Labute approximate surface area is 205 Å². The summed E-state index contributed by atoms with van der Waals surface area (Å²) in [5.41, 5.74) is 10.9. The molecule has 3 aromatic rings. The number of hydrogen-bond acceptors (Lipinski definition) is 7. The molecule has 0 aliphatic carbocycles. The summed E-state index contributed by atoms with van der Waals surface area (Å²) in [6, 6.07) is 10.8. The van der Waals surface area contributed by atoms with Crippen LogP contribution in [-0.2, 0) is 17.6 Å². The van der Waals surface area contributed by atoms with Crippen LogP contribution >= 0.6 is 0 Å². The van der Waals surface area contributed by atoms with Gasteiger partial charge in [0.1, 0.15) is 5.82 Å². The van der Waals surface area contributed by atoms with Crippen LogP contribution in [0.4, 0.5) is 5.69 Å². The zero-order valence-corrected chi connectivity index (χ0v) is 20.5. The molecule has 8 heteroatoms. The number of primary amides is 1. The third-order valence-electron chi connectivity index (χ3n) is 6.49. The maximum absolute atomic E-state index is 11.9. The Morgan fingerprint density at radius 1 is 1.09 bits per heavy atom. The predicted octanol–water partition coefficient (Wildman–Crippen LogP) is 3.56. The van der Waals surface area contributed by atoms with E-state index in [1.807, 2.05) is 18.5 Å². The first-order valence-electron chi connectivity index (χ1n) is 11.9. The van der Waals surface area contributed by atoms with Gasteiger partial charge >= 0.3 is 5.97 Å². The van der Waals surface area contributed by atoms with Gasteiger partial charge in [-0.25, -0.2) is 9.97 Å². The largest absolute Gasteiger partial charge is 0.422 e. The topological polar surface area (TPSA) is 111 Å². The van der Waals surface area contributed by atoms with Crippen molar-refractivity contribution in [2.75, 3.05) is 18.0 Å². The Morgan fingerprint density at radius 3 is 2.43 bits per heavy atom. The Bertz CT molecular complexity index is 1220. The first-order chi connectivity index (χ1) is 16.8. The van der Waals surface area contributed by atoms with Gasteiger partial charge in [-0.3, -0.25) is 14.6 Å². The summed E-state index contributed by atoms with van der Waals surface area (Å²) in [6.45, 7) is 6.96. The van der Waals surface area contributed by atoms with Gasteiger partial charge in [0.25, 0.3) is 5.91 Å². The smallest absolute Gasteiger partial charge is 0.308 e. The normalized spacial score (nSPS) is 14.1. The number of nitrogens with two attached hydrogens (primary N) is 1. The van der Waals surface area contributed by atoms with E-state index >= 15 is 0 Å². The second kappa shape index (κ2) is 10.6. The lowest BCUT2D eigenvalue weighted by atomic mass is 9.92. The van der Waals surface area contributed by atoms with Crippen molar-refractivity contribution < 1.29 is 14.3 Å². The van der Waals surface area contributed by atoms with Crippen LogP contribution in [0.2, 0.25) is 0 Å². The van der Waals surface area contributed by atoms with Crippen LogP contribution in [0.25, 0.3) is 0 Å². The van der Waals surface area contributed by atoms with Crippen LogP contribution < -0.4 is 15.4 Å². The Balaban J connectivity index is 1.36. The second-order valence-electron chi connectivity index (χ2n) is 9.14. The first kappa shape index (κ1) is 24.3. The van der Waals surface area contributed by atoms with Gasteiger partial charge in [0.2, 0.25) is 0 Å². The summed E-state index contributed by atoms with van der Waals surface area (Å²) in [7, 11) is 0. The second-order valence-corrected chi connectivity index (χ2v) is 9.14. The highest BCUT2D eigenvalue weighted by Gasteiger charge is 2.24. The highest BCUT2D eigenvalue weighted by atomic mass is 16.5. The maximum atomic E-state index is 11.9. The molecule has 0 saturated carbocycles. The summed E-state index contributed by atoms with van der Waals surface area (Å²) in [4.78, 5) is 38.7. The zero-order valence-electron chi connectivity index (χ0n) is 20.5. The van der Waals surface area contributed by atoms with Crippen molar-refractivity contribution in [1.82, 2.24) is 15.0 Å². The van der Waals surface area contributed by atoms with Gasteiger partial charge in [-0.2, -0.15) is 0 Å². The summed E-state index contributed by atoms with van der Waals surface area (Å²) < 4.78 is 5.12. The number of hydrogen-bond donors (Lipinski definition) is 1. The number of carbonyl (C=O) groups excluding carboxylic acids is 2. The minimum atomic E-state index is -0.732. The lowest BCUT2D eigenvalue weighted by molar-refractivity contribution is -0.132. The molecule has 0 unspecified atom stereocenters. The van der Waals surface area contributed by atoms with Gasteiger partial charge in [0, 0.05) is 44.5 Å². The Kier molecular flexibility index (Phi) is 7.39. The summed E-state index contributed by atoms with van der Waals surface area (Å²) in [6.07, 6.45) is 7.29. The molecule has 0 spiro atoms. The molecule has 0 bridgehead atoms. The average molecular weight is 474 g/mol. The molecule has 1 fully saturated rings. The molecule has 3 heterocycles. The van der Waals surface area contributed by atoms with Crippen LogP contribution in [-0.4, -0.2) is 39.9 Å². The van der Waals surface area contributed by atoms with Crippen LogP contribution in [0, 0.1) is 19.8 Å². The molecule has 1 amide bonds. The number of aromatic nitrogens is 3. The molecule has 2 N–H and O–H groups in total. The lowest BCUT2D eigenvalue weighted by Crippen LogP contribution is -2.34. The molecule has 35 heavy (non-hydrogen) atoms. The van der Waals surface area contributed by atoms with E-state index in [-0.39, 0.29) is 11.4 Å². The number of pyridine rings is 1.